The van der Waals surface area contributed by atoms with Crippen LogP contribution in [0.4, 0.5) is 11.6 Å². The topological polar surface area (TPSA) is 95.6 Å². The number of methoxy groups -OCH3 is 2. The molecule has 2 aromatic heterocycles. The number of anilines is 2. The van der Waals surface area contributed by atoms with Gasteiger partial charge in [-0.15, -0.1) is 5.10 Å². The van der Waals surface area contributed by atoms with Crippen LogP contribution in [0.1, 0.15) is 12.8 Å². The summed E-state index contributed by atoms with van der Waals surface area (Å²) in [6.45, 7) is 2.34. The van der Waals surface area contributed by atoms with Crippen molar-refractivity contribution in [1.82, 2.24) is 15.2 Å². The molecule has 152 valence electrons. The first-order valence-corrected chi connectivity index (χ1v) is 9.65. The smallest absolute Gasteiger partial charge is 0.166 e. The Balaban J connectivity index is 1.55. The molecule has 3 heterocycles. The largest absolute Gasteiger partial charge is 0.493 e. The molecule has 0 saturated carbocycles. The van der Waals surface area contributed by atoms with Crippen LogP contribution in [0.25, 0.3) is 10.8 Å². The maximum absolute atomic E-state index is 5.93. The summed E-state index contributed by atoms with van der Waals surface area (Å²) in [5, 5.41) is 10.6. The zero-order valence-corrected chi connectivity index (χ0v) is 16.7. The Morgan fingerprint density at radius 3 is 2.79 bits per heavy atom. The summed E-state index contributed by atoms with van der Waals surface area (Å²) in [6.07, 6.45) is 5.55. The number of benzene rings is 1. The van der Waals surface area contributed by atoms with Gasteiger partial charge in [-0.25, -0.2) is 4.98 Å². The van der Waals surface area contributed by atoms with Gasteiger partial charge in [0.2, 0.25) is 0 Å². The number of nitrogen functional groups attached to an aromatic ring is 1. The average molecular weight is 395 g/mol. The maximum Gasteiger partial charge on any atom is 0.166 e. The van der Waals surface area contributed by atoms with Gasteiger partial charge in [0, 0.05) is 36.0 Å². The Morgan fingerprint density at radius 1 is 1.17 bits per heavy atom. The number of nitrogens with zero attached hydrogens (tertiary/aromatic N) is 4. The molecule has 0 bridgehead atoms. The molecule has 0 spiro atoms. The number of hydrogen-bond donors (Lipinski definition) is 1. The summed E-state index contributed by atoms with van der Waals surface area (Å²) in [6, 6.07) is 7.57. The zero-order chi connectivity index (χ0) is 20.2. The van der Waals surface area contributed by atoms with E-state index in [1.807, 2.05) is 24.3 Å². The van der Waals surface area contributed by atoms with Crippen molar-refractivity contribution in [2.24, 2.45) is 5.92 Å². The van der Waals surface area contributed by atoms with E-state index in [2.05, 4.69) is 20.1 Å². The zero-order valence-electron chi connectivity index (χ0n) is 16.7. The SMILES string of the molecule is COc1cc2cnnc(N3CCCC(COc4cccnc4N)C3)c2cc1OC. The van der Waals surface area contributed by atoms with Crippen molar-refractivity contribution in [2.75, 3.05) is 44.5 Å². The van der Waals surface area contributed by atoms with Gasteiger partial charge < -0.3 is 24.8 Å². The van der Waals surface area contributed by atoms with E-state index >= 15 is 0 Å². The van der Waals surface area contributed by atoms with Gasteiger partial charge in [-0.1, -0.05) is 0 Å². The number of piperidine rings is 1. The van der Waals surface area contributed by atoms with Gasteiger partial charge in [-0.05, 0) is 37.1 Å². The summed E-state index contributed by atoms with van der Waals surface area (Å²) in [7, 11) is 3.26. The Morgan fingerprint density at radius 2 is 2.00 bits per heavy atom. The first-order valence-electron chi connectivity index (χ1n) is 9.65. The van der Waals surface area contributed by atoms with Crippen LogP contribution in [0.15, 0.2) is 36.7 Å². The first-order chi connectivity index (χ1) is 14.2. The fourth-order valence-corrected chi connectivity index (χ4v) is 3.75. The van der Waals surface area contributed by atoms with Crippen molar-refractivity contribution >= 4 is 22.4 Å². The van der Waals surface area contributed by atoms with Gasteiger partial charge in [0.1, 0.15) is 0 Å². The average Bonchev–Trinajstić information content (AvgIpc) is 2.77. The number of ether oxygens (including phenoxy) is 3. The molecule has 1 atom stereocenters. The third-order valence-corrected chi connectivity index (χ3v) is 5.24. The molecular weight excluding hydrogens is 370 g/mol. The van der Waals surface area contributed by atoms with Crippen LogP contribution in [-0.4, -0.2) is 49.1 Å². The second-order valence-corrected chi connectivity index (χ2v) is 7.11. The Hall–Kier alpha value is -3.29. The van der Waals surface area contributed by atoms with Crippen LogP contribution in [0.2, 0.25) is 0 Å². The van der Waals surface area contributed by atoms with E-state index in [1.165, 1.54) is 0 Å². The molecule has 1 aliphatic heterocycles. The number of nitrogens with two attached hydrogens (primary N) is 1. The minimum absolute atomic E-state index is 0.362. The van der Waals surface area contributed by atoms with E-state index in [9.17, 15) is 0 Å². The molecule has 4 rings (SSSR count). The molecule has 1 saturated heterocycles. The highest BCUT2D eigenvalue weighted by molar-refractivity contribution is 5.94. The molecule has 2 N–H and O–H groups in total. The molecule has 8 nitrogen and oxygen atoms in total. The summed E-state index contributed by atoms with van der Waals surface area (Å²) in [5.74, 6) is 3.62. The summed E-state index contributed by atoms with van der Waals surface area (Å²) in [4.78, 5) is 6.34. The molecule has 29 heavy (non-hydrogen) atoms. The van der Waals surface area contributed by atoms with Crippen molar-refractivity contribution in [2.45, 2.75) is 12.8 Å². The molecule has 8 heteroatoms. The quantitative estimate of drug-likeness (QED) is 0.681. The number of pyridine rings is 1. The molecule has 1 aliphatic rings. The lowest BCUT2D eigenvalue weighted by Crippen LogP contribution is -2.38. The van der Waals surface area contributed by atoms with Gasteiger partial charge in [-0.3, -0.25) is 0 Å². The van der Waals surface area contributed by atoms with Crippen LogP contribution in [-0.2, 0) is 0 Å². The van der Waals surface area contributed by atoms with Crippen LogP contribution >= 0.6 is 0 Å². The second kappa shape index (κ2) is 8.38. The van der Waals surface area contributed by atoms with Crippen LogP contribution in [0, 0.1) is 5.92 Å². The van der Waals surface area contributed by atoms with Crippen molar-refractivity contribution < 1.29 is 14.2 Å². The summed E-state index contributed by atoms with van der Waals surface area (Å²) >= 11 is 0. The Labute approximate surface area is 169 Å². The number of hydrogen-bond acceptors (Lipinski definition) is 8. The standard InChI is InChI=1S/C21H25N5O3/c1-27-18-9-15-11-24-25-21(16(15)10-19(18)28-2)26-8-4-5-14(12-26)13-29-17-6-3-7-23-20(17)22/h3,6-7,9-11,14H,4-5,8,12-13H2,1-2H3,(H2,22,23). The minimum Gasteiger partial charge on any atom is -0.493 e. The number of aromatic nitrogens is 3. The lowest BCUT2D eigenvalue weighted by Gasteiger charge is -2.33. The van der Waals surface area contributed by atoms with Gasteiger partial charge in [0.25, 0.3) is 0 Å². The van der Waals surface area contributed by atoms with Gasteiger partial charge >= 0.3 is 0 Å². The minimum atomic E-state index is 0.362. The number of rotatable bonds is 6. The fourth-order valence-electron chi connectivity index (χ4n) is 3.75. The highest BCUT2D eigenvalue weighted by atomic mass is 16.5. The van der Waals surface area contributed by atoms with Crippen LogP contribution in [0.5, 0.6) is 17.2 Å². The predicted octanol–water partition coefficient (Wildman–Crippen LogP) is 2.92. The third-order valence-electron chi connectivity index (χ3n) is 5.24. The molecule has 0 aliphatic carbocycles. The Bertz CT molecular complexity index is 997. The fraction of sp³-hybridized carbons (Fsp3) is 0.381. The van der Waals surface area contributed by atoms with Crippen molar-refractivity contribution in [3.05, 3.63) is 36.7 Å². The normalized spacial score (nSPS) is 16.6. The lowest BCUT2D eigenvalue weighted by molar-refractivity contribution is 0.229. The maximum atomic E-state index is 5.93. The van der Waals surface area contributed by atoms with Gasteiger partial charge in [0.05, 0.1) is 27.0 Å². The molecule has 3 aromatic rings. The van der Waals surface area contributed by atoms with Crippen molar-refractivity contribution in [3.63, 3.8) is 0 Å². The van der Waals surface area contributed by atoms with Crippen LogP contribution < -0.4 is 24.8 Å². The van der Waals surface area contributed by atoms with Gasteiger partial charge in [-0.2, -0.15) is 5.10 Å². The summed E-state index contributed by atoms with van der Waals surface area (Å²) in [5.41, 5.74) is 5.88. The third kappa shape index (κ3) is 3.96. The molecule has 0 amide bonds. The number of fused-ring (bicyclic) bond motifs is 1. The van der Waals surface area contributed by atoms with Crippen molar-refractivity contribution in [1.29, 1.82) is 0 Å². The van der Waals surface area contributed by atoms with E-state index in [0.29, 0.717) is 35.6 Å². The van der Waals surface area contributed by atoms with E-state index in [0.717, 1.165) is 42.5 Å². The predicted molar refractivity (Wildman–Crippen MR) is 112 cm³/mol. The van der Waals surface area contributed by atoms with E-state index < -0.39 is 0 Å². The highest BCUT2D eigenvalue weighted by Crippen LogP contribution is 2.36. The van der Waals surface area contributed by atoms with Crippen LogP contribution in [0.3, 0.4) is 0 Å². The summed E-state index contributed by atoms with van der Waals surface area (Å²) < 4.78 is 16.8. The van der Waals surface area contributed by atoms with Gasteiger partial charge in [0.15, 0.2) is 28.9 Å². The molecule has 1 fully saturated rings. The van der Waals surface area contributed by atoms with Crippen molar-refractivity contribution in [3.8, 4) is 17.2 Å². The second-order valence-electron chi connectivity index (χ2n) is 7.11. The molecular formula is C21H25N5O3. The highest BCUT2D eigenvalue weighted by Gasteiger charge is 2.24. The lowest BCUT2D eigenvalue weighted by atomic mass is 9.98. The molecule has 1 unspecified atom stereocenters. The molecule has 1 aromatic carbocycles. The van der Waals surface area contributed by atoms with E-state index in [-0.39, 0.29) is 0 Å². The van der Waals surface area contributed by atoms with E-state index in [1.54, 1.807) is 26.6 Å². The Kier molecular flexibility index (Phi) is 5.50. The first kappa shape index (κ1) is 19.0. The molecule has 0 radical (unpaired) electrons. The monoisotopic (exact) mass is 395 g/mol. The van der Waals surface area contributed by atoms with E-state index in [4.69, 9.17) is 19.9 Å².